The van der Waals surface area contributed by atoms with Crippen LogP contribution in [0.4, 0.5) is 0 Å². The van der Waals surface area contributed by atoms with Crippen LogP contribution < -0.4 is 15.2 Å². The zero-order valence-corrected chi connectivity index (χ0v) is 12.0. The minimum atomic E-state index is -2.52. The second-order valence-corrected chi connectivity index (χ2v) is 9.58. The third kappa shape index (κ3) is 1.17. The summed E-state index contributed by atoms with van der Waals surface area (Å²) in [5, 5.41) is 8.20. The number of fused-ring (bicyclic) bond motifs is 3. The van der Waals surface area contributed by atoms with E-state index in [4.69, 9.17) is 0 Å². The second-order valence-electron chi connectivity index (χ2n) is 3.83. The van der Waals surface area contributed by atoms with Gasteiger partial charge in [-0.3, -0.25) is 0 Å². The molecule has 4 heterocycles. The molecule has 3 aromatic rings. The quantitative estimate of drug-likeness (QED) is 0.491. The van der Waals surface area contributed by atoms with Crippen molar-refractivity contribution in [2.24, 2.45) is 0 Å². The van der Waals surface area contributed by atoms with Gasteiger partial charge < -0.3 is 4.57 Å². The summed E-state index contributed by atoms with van der Waals surface area (Å²) in [6.45, 7) is 0. The van der Waals surface area contributed by atoms with E-state index in [9.17, 15) is 4.57 Å². The van der Waals surface area contributed by atoms with Gasteiger partial charge in [-0.1, -0.05) is 6.07 Å². The summed E-state index contributed by atoms with van der Waals surface area (Å²) in [6.07, 6.45) is 0. The number of thiophene rings is 3. The number of hydrogen-bond acceptors (Lipinski definition) is 4. The lowest BCUT2D eigenvalue weighted by atomic mass is 10.4. The zero-order valence-electron chi connectivity index (χ0n) is 8.62. The molecule has 0 saturated carbocycles. The Balaban J connectivity index is 2.15. The molecule has 0 aliphatic carbocycles. The van der Waals surface area contributed by atoms with Crippen LogP contribution >= 0.6 is 41.2 Å². The summed E-state index contributed by atoms with van der Waals surface area (Å²) in [5.74, 6) is 0. The van der Waals surface area contributed by atoms with Crippen LogP contribution in [0.5, 0.6) is 0 Å². The lowest BCUT2D eigenvalue weighted by molar-refractivity contribution is 0.593. The first-order valence-corrected chi connectivity index (χ1v) is 9.47. The molecule has 5 heteroatoms. The van der Waals surface area contributed by atoms with Gasteiger partial charge in [-0.15, -0.1) is 34.0 Å². The van der Waals surface area contributed by atoms with Crippen molar-refractivity contribution in [3.63, 3.8) is 0 Å². The SMILES string of the molecule is O=P1(c2cccs2)c2ccsc2-c2sccc21. The average molecular weight is 294 g/mol. The molecule has 0 aromatic carbocycles. The van der Waals surface area contributed by atoms with Crippen LogP contribution in [-0.4, -0.2) is 0 Å². The topological polar surface area (TPSA) is 17.1 Å². The minimum absolute atomic E-state index is 1.01. The van der Waals surface area contributed by atoms with Crippen LogP contribution in [0, 0.1) is 0 Å². The molecular formula is C12H7OPS3. The van der Waals surface area contributed by atoms with Crippen molar-refractivity contribution in [3.8, 4) is 9.75 Å². The molecule has 84 valence electrons. The van der Waals surface area contributed by atoms with Gasteiger partial charge in [0, 0.05) is 10.6 Å². The monoisotopic (exact) mass is 294 g/mol. The Hall–Kier alpha value is -0.670. The zero-order chi connectivity index (χ0) is 11.5. The maximum absolute atomic E-state index is 13.5. The van der Waals surface area contributed by atoms with Crippen LogP contribution in [0.15, 0.2) is 40.4 Å². The molecule has 0 atom stereocenters. The first kappa shape index (κ1) is 10.3. The Kier molecular flexibility index (Phi) is 2.07. The number of rotatable bonds is 1. The fourth-order valence-electron chi connectivity index (χ4n) is 2.26. The molecule has 0 saturated heterocycles. The number of hydrogen-bond donors (Lipinski definition) is 0. The van der Waals surface area contributed by atoms with Crippen LogP contribution in [0.1, 0.15) is 0 Å². The molecule has 0 amide bonds. The molecule has 0 bridgehead atoms. The van der Waals surface area contributed by atoms with Gasteiger partial charge in [0.1, 0.15) is 0 Å². The highest BCUT2D eigenvalue weighted by atomic mass is 32.1. The molecule has 0 N–H and O–H groups in total. The summed E-state index contributed by atoms with van der Waals surface area (Å²) in [7, 11) is -2.52. The van der Waals surface area contributed by atoms with E-state index in [1.165, 1.54) is 9.75 Å². The van der Waals surface area contributed by atoms with Crippen molar-refractivity contribution in [3.05, 3.63) is 40.4 Å². The van der Waals surface area contributed by atoms with Gasteiger partial charge in [0.05, 0.1) is 14.4 Å². The highest BCUT2D eigenvalue weighted by Crippen LogP contribution is 2.55. The van der Waals surface area contributed by atoms with Gasteiger partial charge in [-0.2, -0.15) is 0 Å². The third-order valence-corrected chi connectivity index (χ3v) is 9.92. The van der Waals surface area contributed by atoms with Crippen molar-refractivity contribution < 1.29 is 4.57 Å². The van der Waals surface area contributed by atoms with Crippen molar-refractivity contribution in [2.75, 3.05) is 0 Å². The van der Waals surface area contributed by atoms with E-state index in [0.29, 0.717) is 0 Å². The molecule has 0 spiro atoms. The third-order valence-electron chi connectivity index (χ3n) is 2.99. The fourth-order valence-corrected chi connectivity index (χ4v) is 9.69. The molecule has 1 aliphatic rings. The van der Waals surface area contributed by atoms with E-state index in [-0.39, 0.29) is 0 Å². The van der Waals surface area contributed by atoms with E-state index >= 15 is 0 Å². The lowest BCUT2D eigenvalue weighted by Crippen LogP contribution is -2.16. The lowest BCUT2D eigenvalue weighted by Gasteiger charge is -2.10. The Morgan fingerprint density at radius 1 is 0.824 bits per heavy atom. The summed E-state index contributed by atoms with van der Waals surface area (Å²) in [5.41, 5.74) is 0. The van der Waals surface area contributed by atoms with Crippen LogP contribution in [0.25, 0.3) is 9.75 Å². The van der Waals surface area contributed by atoms with Gasteiger partial charge in [0.25, 0.3) is 0 Å². The Bertz CT molecular complexity index is 691. The average Bonchev–Trinajstić information content (AvgIpc) is 3.06. The van der Waals surface area contributed by atoms with Crippen LogP contribution in [0.2, 0.25) is 0 Å². The first-order chi connectivity index (χ1) is 8.32. The van der Waals surface area contributed by atoms with Gasteiger partial charge in [0.15, 0.2) is 7.14 Å². The van der Waals surface area contributed by atoms with Gasteiger partial charge in [0.2, 0.25) is 0 Å². The summed E-state index contributed by atoms with van der Waals surface area (Å²) < 4.78 is 14.5. The smallest absolute Gasteiger partial charge is 0.183 e. The van der Waals surface area contributed by atoms with E-state index in [0.717, 1.165) is 15.2 Å². The highest BCUT2D eigenvalue weighted by Gasteiger charge is 2.42. The fraction of sp³-hybridized carbons (Fsp3) is 0. The Labute approximate surface area is 111 Å². The van der Waals surface area contributed by atoms with Crippen molar-refractivity contribution in [2.45, 2.75) is 0 Å². The van der Waals surface area contributed by atoms with E-state index < -0.39 is 7.14 Å². The van der Waals surface area contributed by atoms with Gasteiger partial charge in [-0.25, -0.2) is 0 Å². The molecule has 0 unspecified atom stereocenters. The highest BCUT2D eigenvalue weighted by molar-refractivity contribution is 7.90. The Morgan fingerprint density at radius 2 is 1.47 bits per heavy atom. The molecule has 17 heavy (non-hydrogen) atoms. The van der Waals surface area contributed by atoms with Gasteiger partial charge >= 0.3 is 0 Å². The maximum Gasteiger partial charge on any atom is 0.183 e. The van der Waals surface area contributed by atoms with E-state index in [1.54, 1.807) is 34.0 Å². The van der Waals surface area contributed by atoms with Crippen LogP contribution in [0.3, 0.4) is 0 Å². The first-order valence-electron chi connectivity index (χ1n) is 5.12. The van der Waals surface area contributed by atoms with Crippen LogP contribution in [-0.2, 0) is 4.57 Å². The second kappa shape index (κ2) is 3.42. The maximum atomic E-state index is 13.5. The molecule has 1 aliphatic heterocycles. The summed E-state index contributed by atoms with van der Waals surface area (Å²) in [4.78, 5) is 2.43. The predicted molar refractivity (Wildman–Crippen MR) is 78.5 cm³/mol. The molecule has 1 nitrogen and oxygen atoms in total. The molecule has 0 fully saturated rings. The largest absolute Gasteiger partial charge is 0.308 e. The van der Waals surface area contributed by atoms with E-state index in [2.05, 4.69) is 0 Å². The molecule has 3 aromatic heterocycles. The molecule has 0 radical (unpaired) electrons. The molecule has 4 rings (SSSR count). The normalized spacial score (nSPS) is 15.8. The summed E-state index contributed by atoms with van der Waals surface area (Å²) >= 11 is 5.00. The van der Waals surface area contributed by atoms with E-state index in [1.807, 2.05) is 40.4 Å². The minimum Gasteiger partial charge on any atom is -0.308 e. The molecular weight excluding hydrogens is 287 g/mol. The summed E-state index contributed by atoms with van der Waals surface area (Å²) in [6, 6.07) is 8.05. The van der Waals surface area contributed by atoms with Gasteiger partial charge in [-0.05, 0) is 34.3 Å². The Morgan fingerprint density at radius 3 is 2.00 bits per heavy atom. The predicted octanol–water partition coefficient (Wildman–Crippen LogP) is 3.49. The van der Waals surface area contributed by atoms with Crippen molar-refractivity contribution >= 4 is 56.4 Å². The van der Waals surface area contributed by atoms with Crippen molar-refractivity contribution in [1.29, 1.82) is 0 Å². The van der Waals surface area contributed by atoms with Crippen molar-refractivity contribution in [1.82, 2.24) is 0 Å². The standard InChI is InChI=1S/C12H7OPS3/c13-14(10-2-1-5-15-10)8-3-6-16-11(8)12-9(14)4-7-17-12/h1-7H.